The zero-order chi connectivity index (χ0) is 15.8. The summed E-state index contributed by atoms with van der Waals surface area (Å²) in [6, 6.07) is 6.99. The summed E-state index contributed by atoms with van der Waals surface area (Å²) in [7, 11) is 1.90. The van der Waals surface area contributed by atoms with E-state index in [1.807, 2.05) is 19.2 Å². The van der Waals surface area contributed by atoms with Gasteiger partial charge < -0.3 is 10.6 Å². The van der Waals surface area contributed by atoms with Crippen molar-refractivity contribution in [2.75, 3.05) is 26.7 Å². The Bertz CT molecular complexity index is 455. The lowest BCUT2D eigenvalue weighted by Crippen LogP contribution is -2.44. The molecule has 1 amide bonds. The van der Waals surface area contributed by atoms with Gasteiger partial charge in [0.1, 0.15) is 5.82 Å². The SMILES string of the molecule is CNCCCC(=O)NC1CCN(Cc2ccc(F)cc2)CC1. The maximum absolute atomic E-state index is 12.9. The lowest BCUT2D eigenvalue weighted by molar-refractivity contribution is -0.122. The third-order valence-electron chi connectivity index (χ3n) is 4.10. The first-order valence-corrected chi connectivity index (χ1v) is 8.08. The van der Waals surface area contributed by atoms with Crippen LogP contribution in [0.2, 0.25) is 0 Å². The molecule has 1 fully saturated rings. The third-order valence-corrected chi connectivity index (χ3v) is 4.10. The third kappa shape index (κ3) is 5.73. The van der Waals surface area contributed by atoms with Crippen molar-refractivity contribution in [2.45, 2.75) is 38.3 Å². The van der Waals surface area contributed by atoms with Gasteiger partial charge in [-0.2, -0.15) is 0 Å². The topological polar surface area (TPSA) is 44.4 Å². The zero-order valence-electron chi connectivity index (χ0n) is 13.3. The first kappa shape index (κ1) is 16.9. The minimum absolute atomic E-state index is 0.159. The Balaban J connectivity index is 1.67. The van der Waals surface area contributed by atoms with Gasteiger partial charge in [0.25, 0.3) is 0 Å². The first-order chi connectivity index (χ1) is 10.7. The predicted molar refractivity (Wildman–Crippen MR) is 86.0 cm³/mol. The molecule has 5 heteroatoms. The fraction of sp³-hybridized carbons (Fsp3) is 0.588. The van der Waals surface area contributed by atoms with Gasteiger partial charge in [-0.15, -0.1) is 0 Å². The summed E-state index contributed by atoms with van der Waals surface area (Å²) in [6.45, 7) is 3.67. The number of hydrogen-bond acceptors (Lipinski definition) is 3. The fourth-order valence-corrected chi connectivity index (χ4v) is 2.81. The van der Waals surface area contributed by atoms with Gasteiger partial charge in [-0.25, -0.2) is 4.39 Å². The van der Waals surface area contributed by atoms with Gasteiger partial charge in [0.05, 0.1) is 0 Å². The van der Waals surface area contributed by atoms with Gasteiger partial charge in [0.15, 0.2) is 0 Å². The van der Waals surface area contributed by atoms with Crippen LogP contribution >= 0.6 is 0 Å². The lowest BCUT2D eigenvalue weighted by atomic mass is 10.0. The second kappa shape index (κ2) is 8.86. The van der Waals surface area contributed by atoms with E-state index >= 15 is 0 Å². The molecule has 22 heavy (non-hydrogen) atoms. The van der Waals surface area contributed by atoms with Crippen LogP contribution in [0.1, 0.15) is 31.2 Å². The molecule has 1 aromatic rings. The van der Waals surface area contributed by atoms with Crippen molar-refractivity contribution in [3.63, 3.8) is 0 Å². The van der Waals surface area contributed by atoms with Crippen LogP contribution < -0.4 is 10.6 Å². The number of nitrogens with zero attached hydrogens (tertiary/aromatic N) is 1. The quantitative estimate of drug-likeness (QED) is 0.756. The normalized spacial score (nSPS) is 16.6. The highest BCUT2D eigenvalue weighted by Crippen LogP contribution is 2.14. The molecular formula is C17H26FN3O. The molecule has 122 valence electrons. The van der Waals surface area contributed by atoms with Gasteiger partial charge in [-0.1, -0.05) is 12.1 Å². The Labute approximate surface area is 132 Å². The number of benzene rings is 1. The molecule has 1 aliphatic heterocycles. The van der Waals surface area contributed by atoms with E-state index < -0.39 is 0 Å². The molecule has 1 aromatic carbocycles. The Morgan fingerprint density at radius 3 is 2.59 bits per heavy atom. The molecule has 2 N–H and O–H groups in total. The van der Waals surface area contributed by atoms with Crippen molar-refractivity contribution in [1.82, 2.24) is 15.5 Å². The number of carbonyl (C=O) groups is 1. The van der Waals surface area contributed by atoms with Gasteiger partial charge in [0.2, 0.25) is 5.91 Å². The van der Waals surface area contributed by atoms with Crippen LogP contribution in [0.5, 0.6) is 0 Å². The van der Waals surface area contributed by atoms with Crippen LogP contribution in [-0.4, -0.2) is 43.5 Å². The number of nitrogens with one attached hydrogen (secondary N) is 2. The largest absolute Gasteiger partial charge is 0.353 e. The van der Waals surface area contributed by atoms with Crippen molar-refractivity contribution in [3.8, 4) is 0 Å². The summed E-state index contributed by atoms with van der Waals surface area (Å²) in [6.07, 6.45) is 3.44. The van der Waals surface area contributed by atoms with E-state index in [2.05, 4.69) is 15.5 Å². The van der Waals surface area contributed by atoms with Gasteiger partial charge in [-0.3, -0.25) is 9.69 Å². The monoisotopic (exact) mass is 307 g/mol. The van der Waals surface area contributed by atoms with Gasteiger partial charge >= 0.3 is 0 Å². The summed E-state index contributed by atoms with van der Waals surface area (Å²) in [5.74, 6) is -0.0318. The summed E-state index contributed by atoms with van der Waals surface area (Å²) in [5, 5.41) is 6.18. The Morgan fingerprint density at radius 1 is 1.27 bits per heavy atom. The van der Waals surface area contributed by atoms with E-state index in [-0.39, 0.29) is 11.7 Å². The van der Waals surface area contributed by atoms with Crippen LogP contribution in [-0.2, 0) is 11.3 Å². The molecule has 1 heterocycles. The van der Waals surface area contributed by atoms with Crippen LogP contribution in [0.15, 0.2) is 24.3 Å². The average Bonchev–Trinajstić information content (AvgIpc) is 2.52. The Morgan fingerprint density at radius 2 is 1.95 bits per heavy atom. The minimum Gasteiger partial charge on any atom is -0.353 e. The van der Waals surface area contributed by atoms with Crippen molar-refractivity contribution >= 4 is 5.91 Å². The molecule has 0 spiro atoms. The molecule has 1 saturated heterocycles. The van der Waals surface area contributed by atoms with E-state index in [1.165, 1.54) is 12.1 Å². The molecule has 1 aliphatic rings. The van der Waals surface area contributed by atoms with E-state index in [0.29, 0.717) is 12.5 Å². The number of halogens is 1. The second-order valence-corrected chi connectivity index (χ2v) is 5.95. The maximum Gasteiger partial charge on any atom is 0.220 e. The Hall–Kier alpha value is -1.46. The average molecular weight is 307 g/mol. The molecule has 0 bridgehead atoms. The lowest BCUT2D eigenvalue weighted by Gasteiger charge is -2.32. The Kier molecular flexibility index (Phi) is 6.80. The van der Waals surface area contributed by atoms with Crippen molar-refractivity contribution in [1.29, 1.82) is 0 Å². The van der Waals surface area contributed by atoms with E-state index in [4.69, 9.17) is 0 Å². The molecule has 0 saturated carbocycles. The molecule has 0 radical (unpaired) electrons. The number of piperidine rings is 1. The molecule has 0 atom stereocenters. The van der Waals surface area contributed by atoms with Crippen molar-refractivity contribution < 1.29 is 9.18 Å². The van der Waals surface area contributed by atoms with E-state index in [9.17, 15) is 9.18 Å². The summed E-state index contributed by atoms with van der Waals surface area (Å²) in [4.78, 5) is 14.2. The smallest absolute Gasteiger partial charge is 0.220 e. The number of likely N-dealkylation sites (tertiary alicyclic amines) is 1. The van der Waals surface area contributed by atoms with Gasteiger partial charge in [0, 0.05) is 32.1 Å². The van der Waals surface area contributed by atoms with E-state index in [1.54, 1.807) is 0 Å². The zero-order valence-corrected chi connectivity index (χ0v) is 13.3. The van der Waals surface area contributed by atoms with Crippen molar-refractivity contribution in [2.24, 2.45) is 0 Å². The molecule has 4 nitrogen and oxygen atoms in total. The summed E-state index contributed by atoms with van der Waals surface area (Å²) < 4.78 is 12.9. The molecular weight excluding hydrogens is 281 g/mol. The van der Waals surface area contributed by atoms with Crippen molar-refractivity contribution in [3.05, 3.63) is 35.6 Å². The summed E-state index contributed by atoms with van der Waals surface area (Å²) >= 11 is 0. The standard InChI is InChI=1S/C17H26FN3O/c1-19-10-2-3-17(22)20-16-8-11-21(12-9-16)13-14-4-6-15(18)7-5-14/h4-7,16,19H,2-3,8-13H2,1H3,(H,20,22). The summed E-state index contributed by atoms with van der Waals surface area (Å²) in [5.41, 5.74) is 1.14. The molecule has 0 unspecified atom stereocenters. The molecule has 0 aliphatic carbocycles. The number of amides is 1. The highest BCUT2D eigenvalue weighted by molar-refractivity contribution is 5.76. The predicted octanol–water partition coefficient (Wildman–Crippen LogP) is 1.91. The maximum atomic E-state index is 12.9. The first-order valence-electron chi connectivity index (χ1n) is 8.08. The van der Waals surface area contributed by atoms with Crippen LogP contribution in [0.25, 0.3) is 0 Å². The number of rotatable bonds is 7. The number of hydrogen-bond donors (Lipinski definition) is 2. The fourth-order valence-electron chi connectivity index (χ4n) is 2.81. The van der Waals surface area contributed by atoms with Crippen LogP contribution in [0.3, 0.4) is 0 Å². The van der Waals surface area contributed by atoms with E-state index in [0.717, 1.165) is 51.0 Å². The molecule has 2 rings (SSSR count). The minimum atomic E-state index is -0.191. The molecule has 0 aromatic heterocycles. The van der Waals surface area contributed by atoms with Crippen LogP contribution in [0, 0.1) is 5.82 Å². The number of carbonyl (C=O) groups excluding carboxylic acids is 1. The van der Waals surface area contributed by atoms with Crippen LogP contribution in [0.4, 0.5) is 4.39 Å². The highest BCUT2D eigenvalue weighted by Gasteiger charge is 2.20. The highest BCUT2D eigenvalue weighted by atomic mass is 19.1. The van der Waals surface area contributed by atoms with Gasteiger partial charge in [-0.05, 0) is 50.6 Å². The second-order valence-electron chi connectivity index (χ2n) is 5.95.